The van der Waals surface area contributed by atoms with Gasteiger partial charge in [0.1, 0.15) is 29.5 Å². The van der Waals surface area contributed by atoms with Crippen molar-refractivity contribution in [2.24, 2.45) is 10.1 Å². The van der Waals surface area contributed by atoms with E-state index in [0.717, 1.165) is 23.1 Å². The van der Waals surface area contributed by atoms with Gasteiger partial charge in [-0.25, -0.2) is 8.78 Å². The summed E-state index contributed by atoms with van der Waals surface area (Å²) in [4.78, 5) is 13.5. The summed E-state index contributed by atoms with van der Waals surface area (Å²) in [5.74, 6) is -0.458. The van der Waals surface area contributed by atoms with Crippen molar-refractivity contribution >= 4 is 41.5 Å². The molecule has 0 aliphatic heterocycles. The van der Waals surface area contributed by atoms with E-state index < -0.39 is 11.6 Å². The Kier molecular flexibility index (Phi) is 9.24. The minimum atomic E-state index is -0.537. The van der Waals surface area contributed by atoms with Crippen LogP contribution in [0.5, 0.6) is 5.75 Å². The SMILES string of the molecule is CCOc1cc(-c2cccc(F)c2)c(F)cc1N(C)c1ccc(S/N=C(N)/C=C\O)cc1/C=C\C=O. The zero-order chi connectivity index (χ0) is 26.1. The second-order valence-electron chi connectivity index (χ2n) is 7.44. The number of hydrogen-bond donors (Lipinski definition) is 2. The van der Waals surface area contributed by atoms with Crippen LogP contribution in [0.1, 0.15) is 12.5 Å². The van der Waals surface area contributed by atoms with Gasteiger partial charge in [-0.3, -0.25) is 4.79 Å². The van der Waals surface area contributed by atoms with E-state index in [1.807, 2.05) is 6.92 Å². The number of aliphatic hydroxyl groups excluding tert-OH is 1. The first-order valence-electron chi connectivity index (χ1n) is 10.9. The lowest BCUT2D eigenvalue weighted by atomic mass is 10.0. The first-order chi connectivity index (χ1) is 17.4. The van der Waals surface area contributed by atoms with Crippen LogP contribution in [0.2, 0.25) is 0 Å². The monoisotopic (exact) mass is 509 g/mol. The zero-order valence-electron chi connectivity index (χ0n) is 19.7. The molecule has 36 heavy (non-hydrogen) atoms. The molecular weight excluding hydrogens is 484 g/mol. The molecule has 3 N–H and O–H groups in total. The fraction of sp³-hybridized carbons (Fsp3) is 0.111. The molecule has 0 amide bonds. The average molecular weight is 510 g/mol. The van der Waals surface area contributed by atoms with Crippen LogP contribution >= 0.6 is 11.9 Å². The molecule has 0 heterocycles. The molecule has 0 saturated heterocycles. The normalized spacial score (nSPS) is 11.8. The van der Waals surface area contributed by atoms with E-state index in [0.29, 0.717) is 41.1 Å². The van der Waals surface area contributed by atoms with E-state index in [9.17, 15) is 9.18 Å². The Balaban J connectivity index is 2.06. The number of benzene rings is 3. The number of hydrogen-bond acceptors (Lipinski definition) is 6. The number of amidine groups is 1. The molecule has 0 aromatic heterocycles. The van der Waals surface area contributed by atoms with Gasteiger partial charge >= 0.3 is 0 Å². The third-order valence-corrected chi connectivity index (χ3v) is 5.83. The Bertz CT molecular complexity index is 1330. The van der Waals surface area contributed by atoms with Crippen LogP contribution in [-0.4, -0.2) is 30.9 Å². The highest BCUT2D eigenvalue weighted by Gasteiger charge is 2.18. The summed E-state index contributed by atoms with van der Waals surface area (Å²) in [5, 5.41) is 8.80. The van der Waals surface area contributed by atoms with Gasteiger partial charge in [0.05, 0.1) is 18.6 Å². The number of allylic oxidation sites excluding steroid dienone is 1. The van der Waals surface area contributed by atoms with Gasteiger partial charge in [0.25, 0.3) is 0 Å². The largest absolute Gasteiger partial charge is 0.515 e. The van der Waals surface area contributed by atoms with Crippen LogP contribution in [0.15, 0.2) is 82.3 Å². The van der Waals surface area contributed by atoms with Gasteiger partial charge in [-0.05, 0) is 66.6 Å². The number of aliphatic hydroxyl groups is 1. The molecule has 0 spiro atoms. The molecule has 3 aromatic carbocycles. The maximum absolute atomic E-state index is 15.3. The summed E-state index contributed by atoms with van der Waals surface area (Å²) in [6.45, 7) is 2.15. The van der Waals surface area contributed by atoms with Gasteiger partial charge in [0, 0.05) is 47.3 Å². The molecule has 0 aliphatic rings. The van der Waals surface area contributed by atoms with E-state index in [-0.39, 0.29) is 11.4 Å². The van der Waals surface area contributed by atoms with Crippen molar-refractivity contribution in [2.45, 2.75) is 11.8 Å². The second-order valence-corrected chi connectivity index (χ2v) is 8.28. The Morgan fingerprint density at radius 3 is 2.67 bits per heavy atom. The molecule has 186 valence electrons. The van der Waals surface area contributed by atoms with Crippen LogP contribution in [0, 0.1) is 11.6 Å². The Labute approximate surface area is 212 Å². The van der Waals surface area contributed by atoms with Crippen molar-refractivity contribution < 1.29 is 23.4 Å². The lowest BCUT2D eigenvalue weighted by molar-refractivity contribution is -0.104. The number of carbonyl (C=O) groups is 1. The van der Waals surface area contributed by atoms with Crippen LogP contribution < -0.4 is 15.4 Å². The number of carbonyl (C=O) groups excluding carboxylic acids is 1. The summed E-state index contributed by atoms with van der Waals surface area (Å²) in [6, 6.07) is 14.0. The summed E-state index contributed by atoms with van der Waals surface area (Å²) in [6.07, 6.45) is 5.68. The molecule has 0 saturated carbocycles. The highest BCUT2D eigenvalue weighted by atomic mass is 32.2. The third-order valence-electron chi connectivity index (χ3n) is 5.06. The van der Waals surface area contributed by atoms with Crippen LogP contribution in [0.4, 0.5) is 20.2 Å². The van der Waals surface area contributed by atoms with E-state index >= 15 is 4.39 Å². The smallest absolute Gasteiger partial charge is 0.143 e. The van der Waals surface area contributed by atoms with Crippen LogP contribution in [0.25, 0.3) is 17.2 Å². The van der Waals surface area contributed by atoms with Gasteiger partial charge in [-0.2, -0.15) is 4.40 Å². The predicted molar refractivity (Wildman–Crippen MR) is 142 cm³/mol. The maximum atomic E-state index is 15.3. The molecular formula is C27H25F2N3O3S. The highest BCUT2D eigenvalue weighted by Crippen LogP contribution is 2.40. The molecule has 0 atom stereocenters. The van der Waals surface area contributed by atoms with Crippen molar-refractivity contribution in [3.8, 4) is 16.9 Å². The first kappa shape index (κ1) is 26.5. The highest BCUT2D eigenvalue weighted by molar-refractivity contribution is 7.98. The molecule has 0 unspecified atom stereocenters. The average Bonchev–Trinajstić information content (AvgIpc) is 2.87. The third kappa shape index (κ3) is 6.51. The quantitative estimate of drug-likeness (QED) is 0.0816. The minimum absolute atomic E-state index is 0.129. The molecule has 0 aliphatic carbocycles. The van der Waals surface area contributed by atoms with Crippen molar-refractivity contribution in [1.29, 1.82) is 0 Å². The Hall–Kier alpha value is -4.11. The number of halogens is 2. The van der Waals surface area contributed by atoms with E-state index in [1.54, 1.807) is 48.4 Å². The van der Waals surface area contributed by atoms with E-state index in [4.69, 9.17) is 15.6 Å². The van der Waals surface area contributed by atoms with Gasteiger partial charge in [0.15, 0.2) is 0 Å². The number of anilines is 2. The topological polar surface area (TPSA) is 88.2 Å². The fourth-order valence-corrected chi connectivity index (χ4v) is 4.05. The van der Waals surface area contributed by atoms with Crippen LogP contribution in [0.3, 0.4) is 0 Å². The lowest BCUT2D eigenvalue weighted by Gasteiger charge is -2.25. The number of aldehydes is 1. The van der Waals surface area contributed by atoms with Crippen molar-refractivity contribution in [3.63, 3.8) is 0 Å². The molecule has 0 radical (unpaired) electrons. The van der Waals surface area contributed by atoms with Gasteiger partial charge in [-0.15, -0.1) is 0 Å². The number of rotatable bonds is 10. The number of ether oxygens (including phenoxy) is 1. The van der Waals surface area contributed by atoms with E-state index in [1.165, 1.54) is 36.4 Å². The predicted octanol–water partition coefficient (Wildman–Crippen LogP) is 6.45. The number of nitrogens with two attached hydrogens (primary N) is 1. The molecule has 3 aromatic rings. The molecule has 0 bridgehead atoms. The molecule has 6 nitrogen and oxygen atoms in total. The second kappa shape index (κ2) is 12.6. The van der Waals surface area contributed by atoms with Gasteiger partial charge < -0.3 is 20.5 Å². The standard InChI is InChI=1S/C27H25F2N3O3S/c1-3-35-26-16-22(18-6-4-8-20(28)14-18)23(29)17-25(26)32(2)24-10-9-21(15-19(24)7-5-12-33)36-31-27(30)11-13-34/h4-17,34H,3H2,1-2H3,(H2,30,31)/b7-5-,13-11-. The van der Waals surface area contributed by atoms with Crippen molar-refractivity contribution in [3.05, 3.63) is 90.2 Å². The van der Waals surface area contributed by atoms with Crippen molar-refractivity contribution in [2.75, 3.05) is 18.6 Å². The van der Waals surface area contributed by atoms with Crippen LogP contribution in [-0.2, 0) is 4.79 Å². The molecule has 3 rings (SSSR count). The molecule has 9 heteroatoms. The summed E-state index contributed by atoms with van der Waals surface area (Å²) < 4.78 is 38.9. The lowest BCUT2D eigenvalue weighted by Crippen LogP contribution is -2.13. The summed E-state index contributed by atoms with van der Waals surface area (Å²) >= 11 is 1.09. The van der Waals surface area contributed by atoms with Gasteiger partial charge in [-0.1, -0.05) is 12.1 Å². The Morgan fingerprint density at radius 1 is 1.17 bits per heavy atom. The maximum Gasteiger partial charge on any atom is 0.143 e. The minimum Gasteiger partial charge on any atom is -0.515 e. The molecule has 0 fully saturated rings. The Morgan fingerprint density at radius 2 is 1.97 bits per heavy atom. The van der Waals surface area contributed by atoms with Gasteiger partial charge in [0.2, 0.25) is 0 Å². The number of nitrogens with zero attached hydrogens (tertiary/aromatic N) is 2. The summed E-state index contributed by atoms with van der Waals surface area (Å²) in [7, 11) is 1.75. The van der Waals surface area contributed by atoms with E-state index in [2.05, 4.69) is 4.40 Å². The van der Waals surface area contributed by atoms with Crippen molar-refractivity contribution in [1.82, 2.24) is 0 Å². The zero-order valence-corrected chi connectivity index (χ0v) is 20.5. The fourth-order valence-electron chi connectivity index (χ4n) is 3.47. The first-order valence-corrected chi connectivity index (χ1v) is 11.7. The summed E-state index contributed by atoms with van der Waals surface area (Å²) in [5.41, 5.74) is 8.07.